The van der Waals surface area contributed by atoms with Crippen LogP contribution in [0.5, 0.6) is 11.5 Å². The molecule has 1 atom stereocenters. The van der Waals surface area contributed by atoms with Gasteiger partial charge in [0.25, 0.3) is 5.91 Å². The standard InChI is InChI=1S/C23H26N2O4/c1-28-19-11-18(12-20(14-19)29-2)22(26)25-15-17-8-4-3-7-16(17)13-21(25)23(27)24-9-5-6-10-24/h3-4,7-8,11-12,14,21H,5-6,9-10,13,15H2,1-2H3. The minimum absolute atomic E-state index is 0.0419. The molecule has 29 heavy (non-hydrogen) atoms. The van der Waals surface area contributed by atoms with Gasteiger partial charge in [-0.05, 0) is 36.1 Å². The zero-order valence-electron chi connectivity index (χ0n) is 16.9. The lowest BCUT2D eigenvalue weighted by atomic mass is 9.92. The fourth-order valence-corrected chi connectivity index (χ4v) is 4.20. The van der Waals surface area contributed by atoms with E-state index < -0.39 is 6.04 Å². The number of fused-ring (bicyclic) bond motifs is 1. The Morgan fingerprint density at radius 2 is 1.55 bits per heavy atom. The first kappa shape index (κ1) is 19.3. The van der Waals surface area contributed by atoms with Gasteiger partial charge in [0, 0.05) is 37.7 Å². The molecule has 2 aromatic rings. The van der Waals surface area contributed by atoms with Crippen LogP contribution in [0.15, 0.2) is 42.5 Å². The van der Waals surface area contributed by atoms with E-state index in [2.05, 4.69) is 6.07 Å². The van der Waals surface area contributed by atoms with Gasteiger partial charge in [0.1, 0.15) is 17.5 Å². The van der Waals surface area contributed by atoms with Crippen LogP contribution in [0.3, 0.4) is 0 Å². The Bertz CT molecular complexity index is 899. The molecule has 2 amide bonds. The van der Waals surface area contributed by atoms with Crippen molar-refractivity contribution < 1.29 is 19.1 Å². The quantitative estimate of drug-likeness (QED) is 0.800. The Kier molecular flexibility index (Phi) is 5.43. The minimum Gasteiger partial charge on any atom is -0.497 e. The number of amides is 2. The molecule has 6 nitrogen and oxygen atoms in total. The molecule has 2 heterocycles. The second kappa shape index (κ2) is 8.15. The first-order chi connectivity index (χ1) is 14.1. The summed E-state index contributed by atoms with van der Waals surface area (Å²) in [6.45, 7) is 1.96. The summed E-state index contributed by atoms with van der Waals surface area (Å²) in [5.74, 6) is 0.953. The largest absolute Gasteiger partial charge is 0.497 e. The van der Waals surface area contributed by atoms with E-state index in [1.54, 1.807) is 37.3 Å². The van der Waals surface area contributed by atoms with E-state index in [9.17, 15) is 9.59 Å². The monoisotopic (exact) mass is 394 g/mol. The summed E-state index contributed by atoms with van der Waals surface area (Å²) < 4.78 is 10.6. The highest BCUT2D eigenvalue weighted by atomic mass is 16.5. The lowest BCUT2D eigenvalue weighted by Gasteiger charge is -2.38. The molecule has 152 valence electrons. The highest BCUT2D eigenvalue weighted by Gasteiger charge is 2.38. The van der Waals surface area contributed by atoms with Crippen LogP contribution in [0, 0.1) is 0 Å². The van der Waals surface area contributed by atoms with E-state index in [4.69, 9.17) is 9.47 Å². The van der Waals surface area contributed by atoms with Crippen molar-refractivity contribution in [1.82, 2.24) is 9.80 Å². The van der Waals surface area contributed by atoms with Gasteiger partial charge < -0.3 is 19.3 Å². The van der Waals surface area contributed by atoms with Crippen molar-refractivity contribution in [3.8, 4) is 11.5 Å². The Morgan fingerprint density at radius 1 is 0.931 bits per heavy atom. The summed E-state index contributed by atoms with van der Waals surface area (Å²) in [4.78, 5) is 30.4. The number of hydrogen-bond donors (Lipinski definition) is 0. The maximum absolute atomic E-state index is 13.5. The number of ether oxygens (including phenoxy) is 2. The topological polar surface area (TPSA) is 59.1 Å². The summed E-state index contributed by atoms with van der Waals surface area (Å²) in [5.41, 5.74) is 2.68. The van der Waals surface area contributed by atoms with Crippen LogP contribution in [0.2, 0.25) is 0 Å². The van der Waals surface area contributed by atoms with Crippen molar-refractivity contribution in [3.05, 3.63) is 59.2 Å². The van der Waals surface area contributed by atoms with Gasteiger partial charge in [0.2, 0.25) is 5.91 Å². The highest BCUT2D eigenvalue weighted by Crippen LogP contribution is 2.29. The number of carbonyl (C=O) groups is 2. The van der Waals surface area contributed by atoms with Crippen LogP contribution >= 0.6 is 0 Å². The number of nitrogens with zero attached hydrogens (tertiary/aromatic N) is 2. The first-order valence-electron chi connectivity index (χ1n) is 10.0. The molecule has 4 rings (SSSR count). The summed E-state index contributed by atoms with van der Waals surface area (Å²) in [7, 11) is 3.11. The fourth-order valence-electron chi connectivity index (χ4n) is 4.20. The Morgan fingerprint density at radius 3 is 2.17 bits per heavy atom. The summed E-state index contributed by atoms with van der Waals surface area (Å²) >= 11 is 0. The molecule has 0 bridgehead atoms. The third-order valence-electron chi connectivity index (χ3n) is 5.81. The van der Waals surface area contributed by atoms with Gasteiger partial charge in [-0.1, -0.05) is 24.3 Å². The average molecular weight is 394 g/mol. The van der Waals surface area contributed by atoms with E-state index in [0.717, 1.165) is 37.1 Å². The number of rotatable bonds is 4. The minimum atomic E-state index is -0.493. The Hall–Kier alpha value is -3.02. The zero-order chi connectivity index (χ0) is 20.4. The molecule has 1 saturated heterocycles. The number of carbonyl (C=O) groups excluding carboxylic acids is 2. The van der Waals surface area contributed by atoms with Crippen molar-refractivity contribution in [2.24, 2.45) is 0 Å². The summed E-state index contributed by atoms with van der Waals surface area (Å²) in [6, 6.07) is 12.7. The Balaban J connectivity index is 1.70. The van der Waals surface area contributed by atoms with Crippen LogP contribution in [0.4, 0.5) is 0 Å². The molecule has 1 fully saturated rings. The van der Waals surface area contributed by atoms with Gasteiger partial charge in [-0.3, -0.25) is 9.59 Å². The summed E-state index contributed by atoms with van der Waals surface area (Å²) in [6.07, 6.45) is 2.59. The smallest absolute Gasteiger partial charge is 0.255 e. The van der Waals surface area contributed by atoms with E-state index >= 15 is 0 Å². The van der Waals surface area contributed by atoms with Gasteiger partial charge in [-0.25, -0.2) is 0 Å². The molecule has 0 saturated carbocycles. The SMILES string of the molecule is COc1cc(OC)cc(C(=O)N2Cc3ccccc3CC2C(=O)N2CCCC2)c1. The molecule has 2 aliphatic rings. The van der Waals surface area contributed by atoms with Crippen LogP contribution in [-0.2, 0) is 17.8 Å². The number of benzene rings is 2. The predicted molar refractivity (Wildman–Crippen MR) is 109 cm³/mol. The average Bonchev–Trinajstić information content (AvgIpc) is 3.31. The molecule has 0 N–H and O–H groups in total. The molecule has 1 unspecified atom stereocenters. The van der Waals surface area contributed by atoms with E-state index in [1.165, 1.54) is 0 Å². The van der Waals surface area contributed by atoms with Crippen LogP contribution in [0.25, 0.3) is 0 Å². The van der Waals surface area contributed by atoms with Crippen LogP contribution in [0.1, 0.15) is 34.3 Å². The summed E-state index contributed by atoms with van der Waals surface area (Å²) in [5, 5.41) is 0. The van der Waals surface area contributed by atoms with E-state index in [0.29, 0.717) is 30.0 Å². The molecule has 2 aliphatic heterocycles. The lowest BCUT2D eigenvalue weighted by molar-refractivity contribution is -0.135. The normalized spacial score (nSPS) is 18.3. The third kappa shape index (κ3) is 3.79. The fraction of sp³-hybridized carbons (Fsp3) is 0.391. The zero-order valence-corrected chi connectivity index (χ0v) is 16.9. The molecule has 0 aliphatic carbocycles. The number of methoxy groups -OCH3 is 2. The van der Waals surface area contributed by atoms with Crippen molar-refractivity contribution in [3.63, 3.8) is 0 Å². The molecule has 0 radical (unpaired) electrons. The first-order valence-corrected chi connectivity index (χ1v) is 10.0. The molecule has 0 aromatic heterocycles. The van der Waals surface area contributed by atoms with Crippen molar-refractivity contribution in [1.29, 1.82) is 0 Å². The van der Waals surface area contributed by atoms with Crippen LogP contribution < -0.4 is 9.47 Å². The molecule has 0 spiro atoms. The highest BCUT2D eigenvalue weighted by molar-refractivity contribution is 5.98. The molecular weight excluding hydrogens is 368 g/mol. The molecule has 6 heteroatoms. The number of hydrogen-bond acceptors (Lipinski definition) is 4. The Labute approximate surface area is 171 Å². The van der Waals surface area contributed by atoms with Gasteiger partial charge in [0.15, 0.2) is 0 Å². The van der Waals surface area contributed by atoms with Gasteiger partial charge in [-0.15, -0.1) is 0 Å². The lowest BCUT2D eigenvalue weighted by Crippen LogP contribution is -2.53. The maximum atomic E-state index is 13.5. The molecular formula is C23H26N2O4. The van der Waals surface area contributed by atoms with E-state index in [1.807, 2.05) is 23.1 Å². The second-order valence-electron chi connectivity index (χ2n) is 7.56. The van der Waals surface area contributed by atoms with Gasteiger partial charge in [0.05, 0.1) is 14.2 Å². The van der Waals surface area contributed by atoms with Gasteiger partial charge >= 0.3 is 0 Å². The third-order valence-corrected chi connectivity index (χ3v) is 5.81. The molecule has 2 aromatic carbocycles. The van der Waals surface area contributed by atoms with Crippen molar-refractivity contribution >= 4 is 11.8 Å². The van der Waals surface area contributed by atoms with Gasteiger partial charge in [-0.2, -0.15) is 0 Å². The second-order valence-corrected chi connectivity index (χ2v) is 7.56. The van der Waals surface area contributed by atoms with Crippen LogP contribution in [-0.4, -0.2) is 55.0 Å². The predicted octanol–water partition coefficient (Wildman–Crippen LogP) is 2.89. The van der Waals surface area contributed by atoms with E-state index in [-0.39, 0.29) is 11.8 Å². The number of likely N-dealkylation sites (tertiary alicyclic amines) is 1. The maximum Gasteiger partial charge on any atom is 0.255 e. The van der Waals surface area contributed by atoms with Crippen molar-refractivity contribution in [2.45, 2.75) is 31.8 Å². The van der Waals surface area contributed by atoms with Crippen molar-refractivity contribution in [2.75, 3.05) is 27.3 Å².